The summed E-state index contributed by atoms with van der Waals surface area (Å²) in [5.74, 6) is 0.576. The molecular weight excluding hydrogens is 270 g/mol. The Labute approximate surface area is 125 Å². The van der Waals surface area contributed by atoms with E-state index in [0.29, 0.717) is 5.92 Å². The highest BCUT2D eigenvalue weighted by molar-refractivity contribution is 6.30. The molecule has 3 heteroatoms. The first-order valence-corrected chi connectivity index (χ1v) is 7.66. The molecule has 0 aliphatic heterocycles. The van der Waals surface area contributed by atoms with Gasteiger partial charge in [-0.3, -0.25) is 0 Å². The van der Waals surface area contributed by atoms with Gasteiger partial charge >= 0.3 is 0 Å². The van der Waals surface area contributed by atoms with Crippen molar-refractivity contribution >= 4 is 11.6 Å². The third-order valence-corrected chi connectivity index (χ3v) is 4.03. The summed E-state index contributed by atoms with van der Waals surface area (Å²) in [6, 6.07) is 11.0. The van der Waals surface area contributed by atoms with Crippen molar-refractivity contribution in [2.45, 2.75) is 31.7 Å². The molecule has 1 aliphatic carbocycles. The van der Waals surface area contributed by atoms with Gasteiger partial charge in [0.25, 0.3) is 0 Å². The summed E-state index contributed by atoms with van der Waals surface area (Å²) < 4.78 is 5.18. The van der Waals surface area contributed by atoms with E-state index in [0.717, 1.165) is 30.5 Å². The normalized spacial score (nSPS) is 16.2. The van der Waals surface area contributed by atoms with E-state index in [2.05, 4.69) is 23.5 Å². The number of hydrogen-bond donors (Lipinski definition) is 1. The van der Waals surface area contributed by atoms with Crippen LogP contribution in [0.15, 0.2) is 47.3 Å². The van der Waals surface area contributed by atoms with Crippen molar-refractivity contribution < 1.29 is 4.42 Å². The Kier molecular flexibility index (Phi) is 4.44. The van der Waals surface area contributed by atoms with Crippen molar-refractivity contribution in [2.75, 3.05) is 6.54 Å². The summed E-state index contributed by atoms with van der Waals surface area (Å²) in [5.41, 5.74) is 2.58. The van der Waals surface area contributed by atoms with Crippen molar-refractivity contribution in [3.63, 3.8) is 0 Å². The zero-order valence-corrected chi connectivity index (χ0v) is 12.3. The molecule has 106 valence electrons. The molecule has 1 heterocycles. The Balaban J connectivity index is 1.63. The van der Waals surface area contributed by atoms with E-state index in [1.807, 2.05) is 18.4 Å². The maximum Gasteiger partial charge on any atom is 0.0934 e. The highest BCUT2D eigenvalue weighted by Gasteiger charge is 2.22. The van der Waals surface area contributed by atoms with Crippen LogP contribution in [-0.4, -0.2) is 12.6 Å². The van der Waals surface area contributed by atoms with Crippen LogP contribution < -0.4 is 5.32 Å². The van der Waals surface area contributed by atoms with Gasteiger partial charge in [-0.25, -0.2) is 0 Å². The molecule has 1 saturated carbocycles. The molecule has 1 aromatic heterocycles. The lowest BCUT2D eigenvalue weighted by Crippen LogP contribution is -2.27. The van der Waals surface area contributed by atoms with Gasteiger partial charge in [-0.05, 0) is 67.5 Å². The van der Waals surface area contributed by atoms with Gasteiger partial charge in [0.2, 0.25) is 0 Å². The number of halogens is 1. The number of hydrogen-bond acceptors (Lipinski definition) is 2. The van der Waals surface area contributed by atoms with Gasteiger partial charge < -0.3 is 9.73 Å². The van der Waals surface area contributed by atoms with Gasteiger partial charge in [0.1, 0.15) is 0 Å². The van der Waals surface area contributed by atoms with E-state index in [4.69, 9.17) is 16.0 Å². The van der Waals surface area contributed by atoms with Gasteiger partial charge in [0.05, 0.1) is 12.5 Å². The Morgan fingerprint density at radius 2 is 2.05 bits per heavy atom. The third-order valence-electron chi connectivity index (χ3n) is 3.79. The number of rotatable bonds is 7. The molecule has 1 aromatic carbocycles. The second-order valence-corrected chi connectivity index (χ2v) is 6.15. The summed E-state index contributed by atoms with van der Waals surface area (Å²) in [6.07, 6.45) is 8.35. The fourth-order valence-corrected chi connectivity index (χ4v) is 2.79. The van der Waals surface area contributed by atoms with Gasteiger partial charge in [-0.2, -0.15) is 0 Å². The molecule has 1 atom stereocenters. The van der Waals surface area contributed by atoms with E-state index in [-0.39, 0.29) is 0 Å². The lowest BCUT2D eigenvalue weighted by Gasteiger charge is -2.17. The van der Waals surface area contributed by atoms with Crippen LogP contribution in [0.2, 0.25) is 5.02 Å². The van der Waals surface area contributed by atoms with Crippen LogP contribution in [0.25, 0.3) is 0 Å². The molecule has 1 aliphatic rings. The molecule has 0 saturated heterocycles. The number of nitrogens with one attached hydrogen (secondary N) is 1. The zero-order chi connectivity index (χ0) is 13.8. The Morgan fingerprint density at radius 3 is 2.75 bits per heavy atom. The average Bonchev–Trinajstić information content (AvgIpc) is 3.12. The molecular formula is C17H20ClNO. The van der Waals surface area contributed by atoms with Crippen LogP contribution in [0.1, 0.15) is 24.0 Å². The van der Waals surface area contributed by atoms with Crippen LogP contribution in [0.4, 0.5) is 0 Å². The molecule has 2 nitrogen and oxygen atoms in total. The van der Waals surface area contributed by atoms with E-state index >= 15 is 0 Å². The predicted octanol–water partition coefficient (Wildman–Crippen LogP) is 4.09. The summed E-state index contributed by atoms with van der Waals surface area (Å²) in [7, 11) is 0. The largest absolute Gasteiger partial charge is 0.472 e. The van der Waals surface area contributed by atoms with Crippen LogP contribution in [0.5, 0.6) is 0 Å². The molecule has 0 bridgehead atoms. The van der Waals surface area contributed by atoms with E-state index in [1.54, 1.807) is 6.26 Å². The summed E-state index contributed by atoms with van der Waals surface area (Å²) in [5, 5.41) is 4.46. The quantitative estimate of drug-likeness (QED) is 0.830. The lowest BCUT2D eigenvalue weighted by atomic mass is 9.93. The van der Waals surface area contributed by atoms with Gasteiger partial charge in [0, 0.05) is 11.1 Å². The highest BCUT2D eigenvalue weighted by atomic mass is 35.5. The highest BCUT2D eigenvalue weighted by Crippen LogP contribution is 2.21. The first kappa shape index (κ1) is 13.7. The van der Waals surface area contributed by atoms with Gasteiger partial charge in [-0.1, -0.05) is 23.7 Å². The summed E-state index contributed by atoms with van der Waals surface area (Å²) in [4.78, 5) is 0. The minimum atomic E-state index is 0.576. The van der Waals surface area contributed by atoms with Crippen LogP contribution in [0.3, 0.4) is 0 Å². The average molecular weight is 290 g/mol. The zero-order valence-electron chi connectivity index (χ0n) is 11.5. The fourth-order valence-electron chi connectivity index (χ4n) is 2.58. The maximum absolute atomic E-state index is 6.08. The molecule has 0 spiro atoms. The molecule has 0 radical (unpaired) electrons. The SMILES string of the molecule is Clc1cccc(CC(CNC2CC2)Cc2ccoc2)c1. The summed E-state index contributed by atoms with van der Waals surface area (Å²) in [6.45, 7) is 1.06. The Bertz CT molecular complexity index is 534. The van der Waals surface area contributed by atoms with Crippen LogP contribution in [0, 0.1) is 5.92 Å². The minimum Gasteiger partial charge on any atom is -0.472 e. The second-order valence-electron chi connectivity index (χ2n) is 5.72. The molecule has 2 aromatic rings. The number of furan rings is 1. The molecule has 0 amide bonds. The minimum absolute atomic E-state index is 0.576. The lowest BCUT2D eigenvalue weighted by molar-refractivity contribution is 0.465. The van der Waals surface area contributed by atoms with Crippen LogP contribution >= 0.6 is 11.6 Å². The monoisotopic (exact) mass is 289 g/mol. The maximum atomic E-state index is 6.08. The van der Waals surface area contributed by atoms with Crippen molar-refractivity contribution in [1.29, 1.82) is 0 Å². The van der Waals surface area contributed by atoms with Crippen molar-refractivity contribution in [2.24, 2.45) is 5.92 Å². The predicted molar refractivity (Wildman–Crippen MR) is 82.1 cm³/mol. The van der Waals surface area contributed by atoms with Crippen LogP contribution in [-0.2, 0) is 12.8 Å². The smallest absolute Gasteiger partial charge is 0.0934 e. The topological polar surface area (TPSA) is 25.2 Å². The standard InChI is InChI=1S/C17H20ClNO/c18-16-3-1-2-13(10-16)8-15(11-19-17-4-5-17)9-14-6-7-20-12-14/h1-3,6-7,10,12,15,17,19H,4-5,8-9,11H2. The van der Waals surface area contributed by atoms with Crippen molar-refractivity contribution in [3.8, 4) is 0 Å². The van der Waals surface area contributed by atoms with Crippen molar-refractivity contribution in [1.82, 2.24) is 5.32 Å². The third kappa shape index (κ3) is 4.12. The molecule has 1 unspecified atom stereocenters. The molecule has 1 N–H and O–H groups in total. The molecule has 3 rings (SSSR count). The van der Waals surface area contributed by atoms with E-state index in [1.165, 1.54) is 24.0 Å². The van der Waals surface area contributed by atoms with Gasteiger partial charge in [-0.15, -0.1) is 0 Å². The first-order chi connectivity index (χ1) is 9.79. The Hall–Kier alpha value is -1.25. The van der Waals surface area contributed by atoms with E-state index in [9.17, 15) is 0 Å². The van der Waals surface area contributed by atoms with E-state index < -0.39 is 0 Å². The summed E-state index contributed by atoms with van der Waals surface area (Å²) >= 11 is 6.08. The van der Waals surface area contributed by atoms with Crippen molar-refractivity contribution in [3.05, 3.63) is 59.0 Å². The Morgan fingerprint density at radius 1 is 1.20 bits per heavy atom. The molecule has 1 fully saturated rings. The second kappa shape index (κ2) is 6.47. The molecule has 20 heavy (non-hydrogen) atoms. The van der Waals surface area contributed by atoms with Gasteiger partial charge in [0.15, 0.2) is 0 Å². The fraction of sp³-hybridized carbons (Fsp3) is 0.412. The first-order valence-electron chi connectivity index (χ1n) is 7.28. The number of benzene rings is 1.